The Morgan fingerprint density at radius 2 is 2.00 bits per heavy atom. The lowest BCUT2D eigenvalue weighted by molar-refractivity contribution is 0.101. The van der Waals surface area contributed by atoms with Crippen LogP contribution in [0.3, 0.4) is 0 Å². The first-order valence-corrected chi connectivity index (χ1v) is 5.54. The van der Waals surface area contributed by atoms with E-state index < -0.39 is 0 Å². The van der Waals surface area contributed by atoms with Gasteiger partial charge in [-0.3, -0.25) is 9.59 Å². The van der Waals surface area contributed by atoms with Gasteiger partial charge in [-0.15, -0.1) is 5.10 Å². The molecule has 0 aromatic carbocycles. The first-order chi connectivity index (χ1) is 8.54. The van der Waals surface area contributed by atoms with Crippen LogP contribution in [0.5, 0.6) is 0 Å². The lowest BCUT2D eigenvalue weighted by Gasteiger charge is -1.98. The highest BCUT2D eigenvalue weighted by atomic mass is 16.1. The molecular weight excluding hydrogens is 230 g/mol. The predicted molar refractivity (Wildman–Crippen MR) is 66.7 cm³/mol. The SMILES string of the molecule is CC(=O)c1[nH]c(-c2ccc(C)nn2)c(C=O)c1C. The molecule has 1 N–H and O–H groups in total. The molecule has 0 atom stereocenters. The molecule has 0 spiro atoms. The molecule has 2 heterocycles. The van der Waals surface area contributed by atoms with Crippen LogP contribution >= 0.6 is 0 Å². The van der Waals surface area contributed by atoms with Gasteiger partial charge in [0.15, 0.2) is 12.1 Å². The number of carbonyl (C=O) groups excluding carboxylic acids is 2. The van der Waals surface area contributed by atoms with E-state index in [2.05, 4.69) is 15.2 Å². The summed E-state index contributed by atoms with van der Waals surface area (Å²) in [6, 6.07) is 3.57. The molecule has 2 aromatic rings. The van der Waals surface area contributed by atoms with Crippen molar-refractivity contribution in [3.8, 4) is 11.4 Å². The minimum Gasteiger partial charge on any atom is -0.350 e. The van der Waals surface area contributed by atoms with Crippen LogP contribution < -0.4 is 0 Å². The third-order valence-electron chi connectivity index (χ3n) is 2.82. The van der Waals surface area contributed by atoms with Crippen LogP contribution in [-0.4, -0.2) is 27.3 Å². The molecule has 0 aliphatic carbocycles. The van der Waals surface area contributed by atoms with E-state index in [0.29, 0.717) is 28.2 Å². The third-order valence-corrected chi connectivity index (χ3v) is 2.82. The summed E-state index contributed by atoms with van der Waals surface area (Å²) in [6.07, 6.45) is 0.731. The van der Waals surface area contributed by atoms with Gasteiger partial charge in [-0.1, -0.05) is 0 Å². The summed E-state index contributed by atoms with van der Waals surface area (Å²) in [6.45, 7) is 5.03. The number of hydrogen-bond acceptors (Lipinski definition) is 4. The first-order valence-electron chi connectivity index (χ1n) is 5.54. The van der Waals surface area contributed by atoms with E-state index in [1.807, 2.05) is 6.92 Å². The van der Waals surface area contributed by atoms with E-state index in [0.717, 1.165) is 12.0 Å². The largest absolute Gasteiger partial charge is 0.350 e. The van der Waals surface area contributed by atoms with Crippen molar-refractivity contribution in [2.45, 2.75) is 20.8 Å². The minimum atomic E-state index is -0.109. The van der Waals surface area contributed by atoms with Gasteiger partial charge in [-0.2, -0.15) is 5.10 Å². The zero-order valence-electron chi connectivity index (χ0n) is 10.4. The number of aldehydes is 1. The molecule has 0 unspecified atom stereocenters. The predicted octanol–water partition coefficient (Wildman–Crippen LogP) is 2.10. The highest BCUT2D eigenvalue weighted by molar-refractivity contribution is 5.99. The van der Waals surface area contributed by atoms with E-state index in [-0.39, 0.29) is 5.78 Å². The summed E-state index contributed by atoms with van der Waals surface area (Å²) in [5.74, 6) is -0.109. The number of rotatable bonds is 3. The molecule has 0 saturated carbocycles. The van der Waals surface area contributed by atoms with Gasteiger partial charge < -0.3 is 4.98 Å². The summed E-state index contributed by atoms with van der Waals surface area (Å²) in [5.41, 5.74) is 3.43. The fourth-order valence-corrected chi connectivity index (χ4v) is 1.84. The molecule has 0 bridgehead atoms. The Labute approximate surface area is 104 Å². The Bertz CT molecular complexity index is 612. The number of H-pyrrole nitrogens is 1. The number of aromatic amines is 1. The van der Waals surface area contributed by atoms with Gasteiger partial charge in [0.1, 0.15) is 5.69 Å². The lowest BCUT2D eigenvalue weighted by Crippen LogP contribution is -1.95. The fourth-order valence-electron chi connectivity index (χ4n) is 1.84. The summed E-state index contributed by atoms with van der Waals surface area (Å²) < 4.78 is 0. The monoisotopic (exact) mass is 243 g/mol. The topological polar surface area (TPSA) is 75.7 Å². The van der Waals surface area contributed by atoms with Crippen molar-refractivity contribution in [3.05, 3.63) is 34.6 Å². The van der Waals surface area contributed by atoms with Crippen LogP contribution in [0.1, 0.15) is 39.0 Å². The van der Waals surface area contributed by atoms with Crippen LogP contribution in [0.15, 0.2) is 12.1 Å². The molecule has 92 valence electrons. The molecule has 0 radical (unpaired) electrons. The highest BCUT2D eigenvalue weighted by Gasteiger charge is 2.18. The molecule has 2 aromatic heterocycles. The van der Waals surface area contributed by atoms with Crippen molar-refractivity contribution in [3.63, 3.8) is 0 Å². The maximum atomic E-state index is 11.4. The number of Topliss-reactive ketones (excluding diaryl/α,β-unsaturated/α-hetero) is 1. The number of aromatic nitrogens is 3. The minimum absolute atomic E-state index is 0.109. The van der Waals surface area contributed by atoms with Crippen LogP contribution in [0.2, 0.25) is 0 Å². The molecule has 5 heteroatoms. The maximum Gasteiger partial charge on any atom is 0.176 e. The Kier molecular flexibility index (Phi) is 3.06. The summed E-state index contributed by atoms with van der Waals surface area (Å²) >= 11 is 0. The Balaban J connectivity index is 2.63. The normalized spacial score (nSPS) is 10.4. The average Bonchev–Trinajstić information content (AvgIpc) is 2.67. The summed E-state index contributed by atoms with van der Waals surface area (Å²) in [4.78, 5) is 25.5. The number of nitrogens with one attached hydrogen (secondary N) is 1. The molecule has 0 aliphatic heterocycles. The number of ketones is 1. The maximum absolute atomic E-state index is 11.4. The Morgan fingerprint density at radius 3 is 2.50 bits per heavy atom. The van der Waals surface area contributed by atoms with Gasteiger partial charge in [0.25, 0.3) is 0 Å². The second-order valence-corrected chi connectivity index (χ2v) is 4.15. The summed E-state index contributed by atoms with van der Waals surface area (Å²) in [5, 5.41) is 7.96. The van der Waals surface area contributed by atoms with Gasteiger partial charge in [0.2, 0.25) is 0 Å². The molecule has 0 aliphatic rings. The van der Waals surface area contributed by atoms with E-state index in [1.165, 1.54) is 6.92 Å². The number of carbonyl (C=O) groups is 2. The smallest absolute Gasteiger partial charge is 0.176 e. The van der Waals surface area contributed by atoms with Gasteiger partial charge >= 0.3 is 0 Å². The van der Waals surface area contributed by atoms with Crippen LogP contribution in [0.25, 0.3) is 11.4 Å². The van der Waals surface area contributed by atoms with Gasteiger partial charge in [0, 0.05) is 12.5 Å². The molecule has 0 amide bonds. The third kappa shape index (κ3) is 1.95. The van der Waals surface area contributed by atoms with Crippen molar-refractivity contribution < 1.29 is 9.59 Å². The van der Waals surface area contributed by atoms with Crippen molar-refractivity contribution in [1.82, 2.24) is 15.2 Å². The summed E-state index contributed by atoms with van der Waals surface area (Å²) in [7, 11) is 0. The molecule has 5 nitrogen and oxygen atoms in total. The van der Waals surface area contributed by atoms with Crippen LogP contribution in [0.4, 0.5) is 0 Å². The first kappa shape index (κ1) is 12.2. The zero-order chi connectivity index (χ0) is 13.3. The second-order valence-electron chi connectivity index (χ2n) is 4.15. The molecule has 2 rings (SSSR count). The second kappa shape index (κ2) is 4.52. The van der Waals surface area contributed by atoms with Gasteiger partial charge in [-0.25, -0.2) is 0 Å². The average molecular weight is 243 g/mol. The number of nitrogens with zero attached hydrogens (tertiary/aromatic N) is 2. The molecule has 0 fully saturated rings. The Morgan fingerprint density at radius 1 is 1.28 bits per heavy atom. The molecular formula is C13H13N3O2. The fraction of sp³-hybridized carbons (Fsp3) is 0.231. The number of hydrogen-bond donors (Lipinski definition) is 1. The van der Waals surface area contributed by atoms with E-state index in [1.54, 1.807) is 19.1 Å². The molecule has 0 saturated heterocycles. The number of aryl methyl sites for hydroxylation is 1. The highest BCUT2D eigenvalue weighted by Crippen LogP contribution is 2.25. The van der Waals surface area contributed by atoms with Crippen molar-refractivity contribution in [1.29, 1.82) is 0 Å². The standard InChI is InChI=1S/C13H13N3O2/c1-7-4-5-11(16-15-7)13-10(6-17)8(2)12(14-13)9(3)18/h4-6,14H,1-3H3. The van der Waals surface area contributed by atoms with Crippen molar-refractivity contribution in [2.75, 3.05) is 0 Å². The van der Waals surface area contributed by atoms with E-state index in [9.17, 15) is 9.59 Å². The van der Waals surface area contributed by atoms with Gasteiger partial charge in [0.05, 0.1) is 17.1 Å². The van der Waals surface area contributed by atoms with Gasteiger partial charge in [-0.05, 0) is 31.5 Å². The Hall–Kier alpha value is -2.30. The lowest BCUT2D eigenvalue weighted by atomic mass is 10.1. The van der Waals surface area contributed by atoms with Crippen LogP contribution in [0, 0.1) is 13.8 Å². The van der Waals surface area contributed by atoms with E-state index >= 15 is 0 Å². The van der Waals surface area contributed by atoms with Crippen molar-refractivity contribution >= 4 is 12.1 Å². The molecule has 18 heavy (non-hydrogen) atoms. The van der Waals surface area contributed by atoms with E-state index in [4.69, 9.17) is 0 Å². The van der Waals surface area contributed by atoms with Crippen molar-refractivity contribution in [2.24, 2.45) is 0 Å². The quantitative estimate of drug-likeness (QED) is 0.661. The zero-order valence-corrected chi connectivity index (χ0v) is 10.4. The van der Waals surface area contributed by atoms with Crippen LogP contribution in [-0.2, 0) is 0 Å².